The van der Waals surface area contributed by atoms with Crippen molar-refractivity contribution in [2.45, 2.75) is 38.3 Å². The van der Waals surface area contributed by atoms with Gasteiger partial charge in [0.25, 0.3) is 5.91 Å². The molecule has 0 bridgehead atoms. The number of nitrogens with two attached hydrogens (primary N) is 1. The molecule has 1 aliphatic carbocycles. The first-order chi connectivity index (χ1) is 17.5. The van der Waals surface area contributed by atoms with Gasteiger partial charge in [0.2, 0.25) is 5.88 Å². The number of nitrogens with zero attached hydrogens (tertiary/aromatic N) is 3. The number of anilines is 3. The summed E-state index contributed by atoms with van der Waals surface area (Å²) in [4.78, 5) is 38.2. The quantitative estimate of drug-likeness (QED) is 0.351. The van der Waals surface area contributed by atoms with Gasteiger partial charge in [0.05, 0.1) is 28.1 Å². The molecular formula is C26H24N6O3S. The second kappa shape index (κ2) is 8.89. The van der Waals surface area contributed by atoms with Crippen LogP contribution in [0.1, 0.15) is 34.6 Å². The fourth-order valence-electron chi connectivity index (χ4n) is 4.82. The number of para-hydroxylation sites is 1. The fourth-order valence-corrected chi connectivity index (χ4v) is 5.84. The molecule has 2 aliphatic rings. The van der Waals surface area contributed by atoms with E-state index in [2.05, 4.69) is 20.6 Å². The van der Waals surface area contributed by atoms with Crippen molar-refractivity contribution in [3.8, 4) is 11.6 Å². The lowest BCUT2D eigenvalue weighted by Gasteiger charge is -2.29. The molecule has 36 heavy (non-hydrogen) atoms. The number of hydrogen-bond acceptors (Lipinski definition) is 7. The summed E-state index contributed by atoms with van der Waals surface area (Å²) in [5.41, 5.74) is 8.51. The smallest absolute Gasteiger partial charge is 0.331 e. The van der Waals surface area contributed by atoms with Crippen molar-refractivity contribution in [1.29, 1.82) is 0 Å². The first-order valence-corrected chi connectivity index (χ1v) is 12.6. The molecule has 6 rings (SSSR count). The highest BCUT2D eigenvalue weighted by molar-refractivity contribution is 7.21. The molecule has 3 amide bonds. The molecule has 1 aromatic carbocycles. The number of ether oxygens (including phenoxy) is 1. The Kier molecular flexibility index (Phi) is 5.54. The fraction of sp³-hybridized carbons (Fsp3) is 0.231. The van der Waals surface area contributed by atoms with E-state index in [1.54, 1.807) is 29.3 Å². The van der Waals surface area contributed by atoms with Crippen molar-refractivity contribution in [2.75, 3.05) is 10.2 Å². The number of carbonyl (C=O) groups is 2. The van der Waals surface area contributed by atoms with Crippen LogP contribution in [0.4, 0.5) is 21.9 Å². The van der Waals surface area contributed by atoms with Crippen LogP contribution in [0.15, 0.2) is 54.7 Å². The van der Waals surface area contributed by atoms with Gasteiger partial charge in [0.15, 0.2) is 0 Å². The van der Waals surface area contributed by atoms with Gasteiger partial charge in [-0.3, -0.25) is 9.69 Å². The predicted molar refractivity (Wildman–Crippen MR) is 139 cm³/mol. The molecule has 4 heterocycles. The van der Waals surface area contributed by atoms with E-state index in [1.165, 1.54) is 11.3 Å². The van der Waals surface area contributed by atoms with Crippen LogP contribution in [-0.4, -0.2) is 34.0 Å². The van der Waals surface area contributed by atoms with Crippen molar-refractivity contribution < 1.29 is 14.3 Å². The van der Waals surface area contributed by atoms with Crippen LogP contribution >= 0.6 is 11.3 Å². The molecular weight excluding hydrogens is 476 g/mol. The average molecular weight is 501 g/mol. The number of carbonyl (C=O) groups excluding carboxylic acids is 2. The maximum absolute atomic E-state index is 13.4. The van der Waals surface area contributed by atoms with Gasteiger partial charge in [-0.1, -0.05) is 18.2 Å². The Labute approximate surface area is 211 Å². The van der Waals surface area contributed by atoms with E-state index in [0.29, 0.717) is 44.1 Å². The molecule has 0 radical (unpaired) electrons. The summed E-state index contributed by atoms with van der Waals surface area (Å²) in [7, 11) is 0. The highest BCUT2D eigenvalue weighted by atomic mass is 32.1. The van der Waals surface area contributed by atoms with E-state index in [4.69, 9.17) is 10.5 Å². The van der Waals surface area contributed by atoms with Gasteiger partial charge in [-0.25, -0.2) is 14.8 Å². The largest absolute Gasteiger partial charge is 0.439 e. The van der Waals surface area contributed by atoms with Crippen molar-refractivity contribution in [1.82, 2.24) is 15.3 Å². The van der Waals surface area contributed by atoms with Crippen molar-refractivity contribution >= 4 is 50.6 Å². The molecule has 1 aliphatic heterocycles. The highest BCUT2D eigenvalue weighted by Gasteiger charge is 2.35. The Morgan fingerprint density at radius 3 is 2.75 bits per heavy atom. The zero-order valence-corrected chi connectivity index (χ0v) is 20.3. The molecule has 0 unspecified atom stereocenters. The maximum Gasteiger partial charge on any atom is 0.331 e. The van der Waals surface area contributed by atoms with Crippen LogP contribution in [0.3, 0.4) is 0 Å². The first kappa shape index (κ1) is 22.4. The van der Waals surface area contributed by atoms with Crippen LogP contribution in [0.25, 0.3) is 10.2 Å². The second-order valence-corrected chi connectivity index (χ2v) is 9.92. The summed E-state index contributed by atoms with van der Waals surface area (Å²) in [6, 6.07) is 14.2. The number of rotatable bonds is 5. The topological polar surface area (TPSA) is 122 Å². The summed E-state index contributed by atoms with van der Waals surface area (Å²) in [6.07, 6.45) is 4.39. The van der Waals surface area contributed by atoms with E-state index < -0.39 is 0 Å². The third kappa shape index (κ3) is 3.84. The number of amides is 3. The number of aryl methyl sites for hydroxylation is 1. The molecule has 1 fully saturated rings. The van der Waals surface area contributed by atoms with Crippen molar-refractivity contribution in [3.05, 3.63) is 65.3 Å². The van der Waals surface area contributed by atoms with Gasteiger partial charge in [0.1, 0.15) is 15.5 Å². The van der Waals surface area contributed by atoms with Gasteiger partial charge in [-0.15, -0.1) is 11.3 Å². The molecule has 0 saturated heterocycles. The van der Waals surface area contributed by atoms with E-state index >= 15 is 0 Å². The third-order valence-electron chi connectivity index (χ3n) is 6.58. The SMILES string of the molecule is Cc1nc(Oc2ccccc2)ccc1N1C(=O)Nc2c(C(=O)N[C@@H]3CCC[C@H]3N)sc3nccc1c23. The van der Waals surface area contributed by atoms with Gasteiger partial charge < -0.3 is 21.1 Å². The Morgan fingerprint density at radius 2 is 2.00 bits per heavy atom. The minimum atomic E-state index is -0.373. The Hall–Kier alpha value is -4.02. The van der Waals surface area contributed by atoms with Crippen LogP contribution in [0.2, 0.25) is 0 Å². The lowest BCUT2D eigenvalue weighted by Crippen LogP contribution is -2.44. The molecule has 1 saturated carbocycles. The van der Waals surface area contributed by atoms with Gasteiger partial charge >= 0.3 is 6.03 Å². The third-order valence-corrected chi connectivity index (χ3v) is 7.67. The number of urea groups is 1. The van der Waals surface area contributed by atoms with E-state index in [0.717, 1.165) is 24.6 Å². The Bertz CT molecular complexity index is 1490. The standard InChI is InChI=1S/C26H24N6O3S/c1-14-18(10-11-20(29-14)35-15-6-3-2-4-7-15)32-19-12-13-28-25-21(19)22(31-26(32)34)23(36-25)24(33)30-17-9-5-8-16(17)27/h2-4,6-7,10-13,16-17H,5,8-9,27H2,1H3,(H,30,33)(H,31,34)/t16-,17-/m1/s1. The van der Waals surface area contributed by atoms with Gasteiger partial charge in [-0.2, -0.15) is 0 Å². The van der Waals surface area contributed by atoms with Crippen LogP contribution in [0, 0.1) is 6.92 Å². The molecule has 4 aromatic rings. The molecule has 3 aromatic heterocycles. The molecule has 2 atom stereocenters. The number of hydrogen-bond donors (Lipinski definition) is 3. The number of nitrogens with one attached hydrogen (secondary N) is 2. The second-order valence-electron chi connectivity index (χ2n) is 8.93. The zero-order valence-electron chi connectivity index (χ0n) is 19.5. The van der Waals surface area contributed by atoms with Crippen LogP contribution < -0.4 is 26.0 Å². The van der Waals surface area contributed by atoms with Gasteiger partial charge in [-0.05, 0) is 50.5 Å². The Balaban J connectivity index is 1.35. The van der Waals surface area contributed by atoms with E-state index in [9.17, 15) is 9.59 Å². The summed E-state index contributed by atoms with van der Waals surface area (Å²) >= 11 is 1.26. The minimum Gasteiger partial charge on any atom is -0.439 e. The molecule has 4 N–H and O–H groups in total. The maximum atomic E-state index is 13.4. The first-order valence-electron chi connectivity index (χ1n) is 11.8. The van der Waals surface area contributed by atoms with E-state index in [-0.39, 0.29) is 24.0 Å². The number of pyridine rings is 2. The van der Waals surface area contributed by atoms with Gasteiger partial charge in [0, 0.05) is 24.3 Å². The normalized spacial score (nSPS) is 18.8. The van der Waals surface area contributed by atoms with Crippen molar-refractivity contribution in [3.63, 3.8) is 0 Å². The van der Waals surface area contributed by atoms with Crippen LogP contribution in [-0.2, 0) is 0 Å². The molecule has 10 heteroatoms. The van der Waals surface area contributed by atoms with E-state index in [1.807, 2.05) is 37.3 Å². The molecule has 9 nitrogen and oxygen atoms in total. The number of benzene rings is 1. The average Bonchev–Trinajstić information content (AvgIpc) is 3.45. The minimum absolute atomic E-state index is 0.0530. The summed E-state index contributed by atoms with van der Waals surface area (Å²) in [5, 5.41) is 6.70. The van der Waals surface area contributed by atoms with Crippen LogP contribution in [0.5, 0.6) is 11.6 Å². The molecule has 182 valence electrons. The summed E-state index contributed by atoms with van der Waals surface area (Å²) < 4.78 is 5.84. The molecule has 0 spiro atoms. The predicted octanol–water partition coefficient (Wildman–Crippen LogP) is 5.09. The monoisotopic (exact) mass is 500 g/mol. The highest BCUT2D eigenvalue weighted by Crippen LogP contribution is 2.46. The van der Waals surface area contributed by atoms with Crippen molar-refractivity contribution in [2.24, 2.45) is 5.73 Å². The number of thiophene rings is 1. The summed E-state index contributed by atoms with van der Waals surface area (Å²) in [6.45, 7) is 1.83. The Morgan fingerprint density at radius 1 is 1.17 bits per heavy atom. The number of aromatic nitrogens is 2. The summed E-state index contributed by atoms with van der Waals surface area (Å²) in [5.74, 6) is 0.867. The lowest BCUT2D eigenvalue weighted by atomic mass is 10.1. The lowest BCUT2D eigenvalue weighted by molar-refractivity contribution is 0.0939. The zero-order chi connectivity index (χ0) is 24.8.